The summed E-state index contributed by atoms with van der Waals surface area (Å²) in [5, 5.41) is 5.97. The van der Waals surface area contributed by atoms with Crippen LogP contribution in [0.25, 0.3) is 0 Å². The number of ether oxygens (including phenoxy) is 1. The molecule has 37 heavy (non-hydrogen) atoms. The number of rotatable bonds is 9. The number of nitrogens with one attached hydrogen (secondary N) is 2. The van der Waals surface area contributed by atoms with Crippen LogP contribution in [0.4, 0.5) is 23.1 Å². The fraction of sp³-hybridized carbons (Fsp3) is 0.448. The van der Waals surface area contributed by atoms with Crippen molar-refractivity contribution in [2.45, 2.75) is 88.9 Å². The first-order valence-electron chi connectivity index (χ1n) is 13.2. The monoisotopic (exact) mass is 522 g/mol. The number of aromatic nitrogens is 2. The molecule has 0 atom stereocenters. The summed E-state index contributed by atoms with van der Waals surface area (Å²) in [7, 11) is -3.46. The molecule has 0 bridgehead atoms. The van der Waals surface area contributed by atoms with Gasteiger partial charge in [-0.2, -0.15) is 4.98 Å². The van der Waals surface area contributed by atoms with Crippen LogP contribution in [-0.2, 0) is 9.84 Å². The number of anilines is 4. The third kappa shape index (κ3) is 6.42. The Morgan fingerprint density at radius 1 is 0.946 bits per heavy atom. The van der Waals surface area contributed by atoms with Crippen LogP contribution in [0.5, 0.6) is 5.75 Å². The lowest BCUT2D eigenvalue weighted by Gasteiger charge is -2.26. The first-order valence-corrected chi connectivity index (χ1v) is 14.7. The highest BCUT2D eigenvalue weighted by Gasteiger charge is 2.23. The van der Waals surface area contributed by atoms with E-state index in [1.807, 2.05) is 13.8 Å². The lowest BCUT2D eigenvalue weighted by Crippen LogP contribution is -2.15. The molecule has 0 amide bonds. The molecule has 0 radical (unpaired) electrons. The second-order valence-corrected chi connectivity index (χ2v) is 12.8. The molecule has 4 rings (SSSR count). The normalized spacial score (nSPS) is 14.7. The molecule has 198 valence electrons. The standard InChI is InChI=1S/C29H38N4O3S/c1-19(2)36-26-18-23(22-11-7-6-8-12-22)21(5)17-25(26)32-29-30-16-15-28(33-29)31-24-13-9-10-14-27(24)37(34,35)20(3)4/h9-10,13-20,22H,6-8,11-12H2,1-5H3,(H2,30,31,32,33). The van der Waals surface area contributed by atoms with Crippen LogP contribution >= 0.6 is 0 Å². The summed E-state index contributed by atoms with van der Waals surface area (Å²) in [6, 6.07) is 12.9. The maximum absolute atomic E-state index is 12.9. The van der Waals surface area contributed by atoms with Gasteiger partial charge < -0.3 is 15.4 Å². The third-order valence-electron chi connectivity index (χ3n) is 6.75. The smallest absolute Gasteiger partial charge is 0.229 e. The van der Waals surface area contributed by atoms with Gasteiger partial charge in [0.2, 0.25) is 5.95 Å². The van der Waals surface area contributed by atoms with E-state index in [4.69, 9.17) is 4.74 Å². The van der Waals surface area contributed by atoms with Crippen LogP contribution in [-0.4, -0.2) is 29.7 Å². The summed E-state index contributed by atoms with van der Waals surface area (Å²) in [4.78, 5) is 9.26. The first kappa shape index (κ1) is 26.9. The molecule has 8 heteroatoms. The molecule has 0 aliphatic heterocycles. The Kier molecular flexibility index (Phi) is 8.37. The van der Waals surface area contributed by atoms with Gasteiger partial charge in [0.05, 0.1) is 27.6 Å². The molecule has 2 aromatic carbocycles. The van der Waals surface area contributed by atoms with Crippen molar-refractivity contribution in [1.82, 2.24) is 9.97 Å². The third-order valence-corrected chi connectivity index (χ3v) is 8.97. The minimum atomic E-state index is -3.46. The molecular weight excluding hydrogens is 484 g/mol. The van der Waals surface area contributed by atoms with E-state index in [0.29, 0.717) is 23.4 Å². The zero-order chi connectivity index (χ0) is 26.6. The number of sulfone groups is 1. The zero-order valence-corrected chi connectivity index (χ0v) is 23.2. The van der Waals surface area contributed by atoms with Crippen molar-refractivity contribution in [3.05, 3.63) is 59.8 Å². The largest absolute Gasteiger partial charge is 0.489 e. The van der Waals surface area contributed by atoms with Crippen molar-refractivity contribution in [2.24, 2.45) is 0 Å². The van der Waals surface area contributed by atoms with Gasteiger partial charge in [-0.15, -0.1) is 0 Å². The summed E-state index contributed by atoms with van der Waals surface area (Å²) in [5.74, 6) is 2.25. The molecule has 1 saturated carbocycles. The number of aryl methyl sites for hydroxylation is 1. The van der Waals surface area contributed by atoms with Crippen LogP contribution in [0.2, 0.25) is 0 Å². The van der Waals surface area contributed by atoms with Gasteiger partial charge in [-0.05, 0) is 94.8 Å². The Morgan fingerprint density at radius 2 is 1.68 bits per heavy atom. The minimum absolute atomic E-state index is 0.0239. The number of nitrogens with zero attached hydrogens (tertiary/aromatic N) is 2. The predicted octanol–water partition coefficient (Wildman–Crippen LogP) is 7.29. The van der Waals surface area contributed by atoms with E-state index < -0.39 is 15.1 Å². The first-order chi connectivity index (χ1) is 17.6. The Morgan fingerprint density at radius 3 is 2.38 bits per heavy atom. The molecule has 0 saturated heterocycles. The summed E-state index contributed by atoms with van der Waals surface area (Å²) in [6.45, 7) is 9.55. The van der Waals surface area contributed by atoms with E-state index in [9.17, 15) is 8.42 Å². The molecule has 0 unspecified atom stereocenters. The number of hydrogen-bond donors (Lipinski definition) is 2. The van der Waals surface area contributed by atoms with Gasteiger partial charge in [-0.25, -0.2) is 13.4 Å². The summed E-state index contributed by atoms with van der Waals surface area (Å²) in [5.41, 5.74) is 3.89. The van der Waals surface area contributed by atoms with Crippen LogP contribution in [0.3, 0.4) is 0 Å². The summed E-state index contributed by atoms with van der Waals surface area (Å²) < 4.78 is 31.9. The topological polar surface area (TPSA) is 93.2 Å². The lowest BCUT2D eigenvalue weighted by molar-refractivity contribution is 0.243. The summed E-state index contributed by atoms with van der Waals surface area (Å²) in [6.07, 6.45) is 7.98. The second kappa shape index (κ2) is 11.5. The van der Waals surface area contributed by atoms with E-state index in [2.05, 4.69) is 39.7 Å². The van der Waals surface area contributed by atoms with E-state index in [1.54, 1.807) is 50.4 Å². The Hall–Kier alpha value is -3.13. The SMILES string of the molecule is Cc1cc(Nc2nccc(Nc3ccccc3S(=O)(=O)C(C)C)n2)c(OC(C)C)cc1C1CCCCC1. The van der Waals surface area contributed by atoms with Crippen molar-refractivity contribution in [3.8, 4) is 5.75 Å². The van der Waals surface area contributed by atoms with E-state index in [0.717, 1.165) is 11.4 Å². The van der Waals surface area contributed by atoms with Crippen molar-refractivity contribution >= 4 is 33.0 Å². The van der Waals surface area contributed by atoms with Crippen LogP contribution in [0.1, 0.15) is 76.8 Å². The van der Waals surface area contributed by atoms with Gasteiger partial charge in [0.25, 0.3) is 0 Å². The number of hydrogen-bond acceptors (Lipinski definition) is 7. The molecule has 1 fully saturated rings. The number of benzene rings is 2. The highest BCUT2D eigenvalue weighted by atomic mass is 32.2. The number of para-hydroxylation sites is 1. The van der Waals surface area contributed by atoms with Gasteiger partial charge >= 0.3 is 0 Å². The Labute approximate surface area is 221 Å². The molecular formula is C29H38N4O3S. The van der Waals surface area contributed by atoms with E-state index >= 15 is 0 Å². The quantitative estimate of drug-likeness (QED) is 0.305. The summed E-state index contributed by atoms with van der Waals surface area (Å²) >= 11 is 0. The van der Waals surface area contributed by atoms with Gasteiger partial charge in [0.1, 0.15) is 11.6 Å². The highest BCUT2D eigenvalue weighted by Crippen LogP contribution is 2.39. The molecule has 1 aliphatic rings. The average Bonchev–Trinajstić information content (AvgIpc) is 2.86. The molecule has 0 spiro atoms. The second-order valence-electron chi connectivity index (χ2n) is 10.3. The molecule has 2 N–H and O–H groups in total. The van der Waals surface area contributed by atoms with E-state index in [1.165, 1.54) is 43.2 Å². The van der Waals surface area contributed by atoms with Crippen molar-refractivity contribution in [1.29, 1.82) is 0 Å². The zero-order valence-electron chi connectivity index (χ0n) is 22.4. The fourth-order valence-electron chi connectivity index (χ4n) is 4.83. The Bertz CT molecular complexity index is 1330. The fourth-order valence-corrected chi connectivity index (χ4v) is 6.03. The lowest BCUT2D eigenvalue weighted by atomic mass is 9.82. The van der Waals surface area contributed by atoms with E-state index in [-0.39, 0.29) is 11.0 Å². The predicted molar refractivity (Wildman–Crippen MR) is 150 cm³/mol. The van der Waals surface area contributed by atoms with Crippen molar-refractivity contribution < 1.29 is 13.2 Å². The van der Waals surface area contributed by atoms with Gasteiger partial charge in [-0.1, -0.05) is 31.4 Å². The molecule has 7 nitrogen and oxygen atoms in total. The van der Waals surface area contributed by atoms with Gasteiger partial charge in [0.15, 0.2) is 9.84 Å². The maximum Gasteiger partial charge on any atom is 0.229 e. The molecule has 1 aromatic heterocycles. The van der Waals surface area contributed by atoms with Crippen molar-refractivity contribution in [2.75, 3.05) is 10.6 Å². The minimum Gasteiger partial charge on any atom is -0.489 e. The van der Waals surface area contributed by atoms with Crippen LogP contribution < -0.4 is 15.4 Å². The molecule has 3 aromatic rings. The molecule has 1 aliphatic carbocycles. The maximum atomic E-state index is 12.9. The van der Waals surface area contributed by atoms with Gasteiger partial charge in [0, 0.05) is 6.20 Å². The van der Waals surface area contributed by atoms with Crippen molar-refractivity contribution in [3.63, 3.8) is 0 Å². The highest BCUT2D eigenvalue weighted by molar-refractivity contribution is 7.92. The van der Waals surface area contributed by atoms with Crippen LogP contribution in [0, 0.1) is 6.92 Å². The Balaban J connectivity index is 1.62. The van der Waals surface area contributed by atoms with Crippen LogP contribution in [0.15, 0.2) is 53.6 Å². The average molecular weight is 523 g/mol. The molecule has 1 heterocycles. The van der Waals surface area contributed by atoms with Gasteiger partial charge in [-0.3, -0.25) is 0 Å².